The number of aliphatic hydroxyl groups is 1. The van der Waals surface area contributed by atoms with Crippen molar-refractivity contribution in [3.63, 3.8) is 0 Å². The average molecular weight is 319 g/mol. The van der Waals surface area contributed by atoms with Crippen LogP contribution in [0.5, 0.6) is 0 Å². The van der Waals surface area contributed by atoms with Gasteiger partial charge < -0.3 is 5.11 Å². The Kier molecular flexibility index (Phi) is 3.72. The van der Waals surface area contributed by atoms with E-state index in [1.165, 1.54) is 44.9 Å². The molecule has 4 saturated carbocycles. The van der Waals surface area contributed by atoms with Crippen molar-refractivity contribution in [3.05, 3.63) is 0 Å². The third-order valence-corrected chi connectivity index (χ3v) is 9.19. The van der Waals surface area contributed by atoms with Crippen LogP contribution < -0.4 is 0 Å². The van der Waals surface area contributed by atoms with Gasteiger partial charge in [-0.1, -0.05) is 27.2 Å². The second-order valence-corrected chi connectivity index (χ2v) is 9.78. The summed E-state index contributed by atoms with van der Waals surface area (Å²) >= 11 is 0. The maximum atomic E-state index is 12.3. The van der Waals surface area contributed by atoms with Crippen molar-refractivity contribution in [2.24, 2.45) is 40.4 Å². The lowest BCUT2D eigenvalue weighted by atomic mass is 9.44. The molecule has 0 aromatic heterocycles. The van der Waals surface area contributed by atoms with Gasteiger partial charge in [0.25, 0.3) is 0 Å². The maximum Gasteiger partial charge on any atom is 0.161 e. The molecule has 0 aromatic carbocycles. The summed E-state index contributed by atoms with van der Waals surface area (Å²) in [5.41, 5.74) is 0.738. The van der Waals surface area contributed by atoms with Crippen LogP contribution in [-0.2, 0) is 4.79 Å². The van der Waals surface area contributed by atoms with Crippen molar-refractivity contribution in [1.29, 1.82) is 0 Å². The first kappa shape index (κ1) is 16.1. The number of hydrogen-bond donors (Lipinski definition) is 1. The van der Waals surface area contributed by atoms with Crippen LogP contribution >= 0.6 is 0 Å². The van der Waals surface area contributed by atoms with E-state index in [0.29, 0.717) is 17.8 Å². The number of aliphatic hydroxyl groups excluding tert-OH is 1. The van der Waals surface area contributed by atoms with E-state index in [9.17, 15) is 9.90 Å². The van der Waals surface area contributed by atoms with Gasteiger partial charge in [-0.2, -0.15) is 0 Å². The predicted molar refractivity (Wildman–Crippen MR) is 91.9 cm³/mol. The van der Waals surface area contributed by atoms with E-state index in [-0.39, 0.29) is 11.2 Å². The molecule has 2 nitrogen and oxygen atoms in total. The minimum Gasteiger partial charge on any atom is -0.385 e. The minimum absolute atomic E-state index is 0.121. The van der Waals surface area contributed by atoms with Crippen LogP contribution in [0, 0.1) is 40.4 Å². The van der Waals surface area contributed by atoms with Gasteiger partial charge in [0.05, 0.1) is 0 Å². The van der Waals surface area contributed by atoms with Crippen LogP contribution in [0.1, 0.15) is 78.6 Å². The SMILES string of the molecule is CC[C@H]1CC[C@H]2[C@@H]3CC[C@H]4C[C@@H](O)C(=O)C[C@]4(C)[C@H]3CC[C@]12C. The fourth-order valence-electron chi connectivity index (χ4n) is 7.87. The first-order chi connectivity index (χ1) is 10.9. The Hall–Kier alpha value is -0.370. The highest BCUT2D eigenvalue weighted by Crippen LogP contribution is 2.67. The number of fused-ring (bicyclic) bond motifs is 5. The van der Waals surface area contributed by atoms with Crippen LogP contribution in [0.3, 0.4) is 0 Å². The van der Waals surface area contributed by atoms with E-state index in [1.807, 2.05) is 0 Å². The van der Waals surface area contributed by atoms with Gasteiger partial charge in [0.2, 0.25) is 0 Å². The summed E-state index contributed by atoms with van der Waals surface area (Å²) in [6, 6.07) is 0. The van der Waals surface area contributed by atoms with E-state index in [1.54, 1.807) is 0 Å². The molecular weight excluding hydrogens is 284 g/mol. The number of Topliss-reactive ketones (excluding diaryl/α,β-unsaturated/α-hetero) is 1. The zero-order valence-electron chi connectivity index (χ0n) is 15.2. The normalized spacial score (nSPS) is 55.9. The second-order valence-electron chi connectivity index (χ2n) is 9.78. The highest BCUT2D eigenvalue weighted by Gasteiger charge is 2.60. The smallest absolute Gasteiger partial charge is 0.161 e. The van der Waals surface area contributed by atoms with Gasteiger partial charge in [-0.25, -0.2) is 0 Å². The molecular formula is C21H34O2. The monoisotopic (exact) mass is 318 g/mol. The average Bonchev–Trinajstić information content (AvgIpc) is 2.85. The number of carbonyl (C=O) groups excluding carboxylic acids is 1. The van der Waals surface area contributed by atoms with Gasteiger partial charge >= 0.3 is 0 Å². The number of hydrogen-bond acceptors (Lipinski definition) is 2. The zero-order chi connectivity index (χ0) is 16.4. The summed E-state index contributed by atoms with van der Waals surface area (Å²) in [5, 5.41) is 10.0. The van der Waals surface area contributed by atoms with Crippen molar-refractivity contribution >= 4 is 5.78 Å². The Morgan fingerprint density at radius 3 is 2.52 bits per heavy atom. The lowest BCUT2D eigenvalue weighted by molar-refractivity contribution is -0.154. The zero-order valence-corrected chi connectivity index (χ0v) is 15.2. The lowest BCUT2D eigenvalue weighted by Crippen LogP contribution is -2.55. The number of carbonyl (C=O) groups is 1. The molecule has 0 unspecified atom stereocenters. The van der Waals surface area contributed by atoms with E-state index in [2.05, 4.69) is 20.8 Å². The standard InChI is InChI=1S/C21H34O2/c1-4-13-6-8-16-15-7-5-14-11-18(22)19(23)12-21(14,3)17(15)9-10-20(13,16)2/h13-18,22H,4-12H2,1-3H3/t13-,14-,15-,16-,17-,18+,20+,21-/m0/s1. The van der Waals surface area contributed by atoms with Crippen molar-refractivity contribution < 1.29 is 9.90 Å². The first-order valence-corrected chi connectivity index (χ1v) is 10.1. The molecule has 4 aliphatic rings. The molecule has 0 aromatic rings. The van der Waals surface area contributed by atoms with Crippen molar-refractivity contribution in [3.8, 4) is 0 Å². The molecule has 0 aliphatic heterocycles. The minimum atomic E-state index is -0.672. The van der Waals surface area contributed by atoms with Crippen LogP contribution in [-0.4, -0.2) is 17.0 Å². The van der Waals surface area contributed by atoms with E-state index in [4.69, 9.17) is 0 Å². The van der Waals surface area contributed by atoms with Crippen LogP contribution in [0.15, 0.2) is 0 Å². The Morgan fingerprint density at radius 1 is 1.04 bits per heavy atom. The maximum absolute atomic E-state index is 12.3. The molecule has 0 heterocycles. The lowest BCUT2D eigenvalue weighted by Gasteiger charge is -2.60. The molecule has 8 atom stereocenters. The fraction of sp³-hybridized carbons (Fsp3) is 0.952. The van der Waals surface area contributed by atoms with E-state index in [0.717, 1.165) is 30.1 Å². The molecule has 0 saturated heterocycles. The summed E-state index contributed by atoms with van der Waals surface area (Å²) in [6.45, 7) is 7.36. The van der Waals surface area contributed by atoms with E-state index >= 15 is 0 Å². The van der Waals surface area contributed by atoms with Crippen LogP contribution in [0.25, 0.3) is 0 Å². The predicted octanol–water partition coefficient (Wildman–Crippen LogP) is 4.60. The molecule has 4 rings (SSSR count). The number of rotatable bonds is 1. The first-order valence-electron chi connectivity index (χ1n) is 10.1. The molecule has 0 radical (unpaired) electrons. The Labute approximate surface area is 141 Å². The second kappa shape index (κ2) is 5.31. The van der Waals surface area contributed by atoms with Gasteiger partial charge in [0.1, 0.15) is 6.10 Å². The van der Waals surface area contributed by atoms with Gasteiger partial charge in [0, 0.05) is 6.42 Å². The van der Waals surface area contributed by atoms with Gasteiger partial charge in [0.15, 0.2) is 5.78 Å². The summed E-state index contributed by atoms with van der Waals surface area (Å²) in [5.74, 6) is 4.08. The fourth-order valence-corrected chi connectivity index (χ4v) is 7.87. The summed E-state index contributed by atoms with van der Waals surface area (Å²) in [4.78, 5) is 12.3. The third kappa shape index (κ3) is 2.12. The van der Waals surface area contributed by atoms with Gasteiger partial charge in [-0.15, -0.1) is 0 Å². The van der Waals surface area contributed by atoms with Gasteiger partial charge in [-0.05, 0) is 85.4 Å². The van der Waals surface area contributed by atoms with Gasteiger partial charge in [-0.3, -0.25) is 4.79 Å². The molecule has 4 fully saturated rings. The van der Waals surface area contributed by atoms with E-state index < -0.39 is 6.10 Å². The molecule has 4 aliphatic carbocycles. The molecule has 2 heteroatoms. The molecule has 0 spiro atoms. The van der Waals surface area contributed by atoms with Crippen LogP contribution in [0.4, 0.5) is 0 Å². The topological polar surface area (TPSA) is 37.3 Å². The third-order valence-electron chi connectivity index (χ3n) is 9.19. The van der Waals surface area contributed by atoms with Crippen molar-refractivity contribution in [2.75, 3.05) is 0 Å². The quantitative estimate of drug-likeness (QED) is 0.767. The highest BCUT2D eigenvalue weighted by molar-refractivity contribution is 5.84. The summed E-state index contributed by atoms with van der Waals surface area (Å²) in [7, 11) is 0. The summed E-state index contributed by atoms with van der Waals surface area (Å²) < 4.78 is 0. The molecule has 130 valence electrons. The molecule has 23 heavy (non-hydrogen) atoms. The Bertz CT molecular complexity index is 500. The Morgan fingerprint density at radius 2 is 1.78 bits per heavy atom. The van der Waals surface area contributed by atoms with Crippen LogP contribution in [0.2, 0.25) is 0 Å². The highest BCUT2D eigenvalue weighted by atomic mass is 16.3. The molecule has 0 amide bonds. The summed E-state index contributed by atoms with van der Waals surface area (Å²) in [6.07, 6.45) is 10.2. The van der Waals surface area contributed by atoms with Crippen molar-refractivity contribution in [1.82, 2.24) is 0 Å². The number of ketones is 1. The largest absolute Gasteiger partial charge is 0.385 e. The molecule has 0 bridgehead atoms. The molecule has 1 N–H and O–H groups in total. The Balaban J connectivity index is 1.63. The van der Waals surface area contributed by atoms with Crippen molar-refractivity contribution in [2.45, 2.75) is 84.7 Å².